The third-order valence-electron chi connectivity index (χ3n) is 9.92. The number of hydrogen-bond acceptors (Lipinski definition) is 9. The average molecular weight is 653 g/mol. The number of esters is 1. The van der Waals surface area contributed by atoms with Crippen molar-refractivity contribution in [2.75, 3.05) is 59.1 Å². The van der Waals surface area contributed by atoms with Crippen molar-refractivity contribution >= 4 is 23.7 Å². The molecule has 0 aromatic heterocycles. The van der Waals surface area contributed by atoms with Crippen LogP contribution < -0.4 is 5.32 Å². The summed E-state index contributed by atoms with van der Waals surface area (Å²) in [5.41, 5.74) is -0.531. The van der Waals surface area contributed by atoms with Gasteiger partial charge < -0.3 is 34.4 Å². The second-order valence-corrected chi connectivity index (χ2v) is 12.8. The Morgan fingerprint density at radius 2 is 1.94 bits per heavy atom. The minimum atomic E-state index is -1.23. The second-order valence-electron chi connectivity index (χ2n) is 12.8. The Kier molecular flexibility index (Phi) is 11.5. The predicted molar refractivity (Wildman–Crippen MR) is 173 cm³/mol. The monoisotopic (exact) mass is 652 g/mol. The average Bonchev–Trinajstić information content (AvgIpc) is 3.75. The van der Waals surface area contributed by atoms with E-state index in [0.29, 0.717) is 51.1 Å². The summed E-state index contributed by atoms with van der Waals surface area (Å²) in [5.74, 6) is -3.36. The van der Waals surface area contributed by atoms with Crippen LogP contribution in [0.15, 0.2) is 55.6 Å². The Labute approximate surface area is 276 Å². The molecule has 5 rings (SSSR count). The topological polar surface area (TPSA) is 138 Å². The zero-order chi connectivity index (χ0) is 33.6. The molecule has 0 radical (unpaired) electrons. The fourth-order valence-corrected chi connectivity index (χ4v) is 7.55. The molecule has 4 heterocycles. The Balaban J connectivity index is 1.39. The van der Waals surface area contributed by atoms with Crippen molar-refractivity contribution in [3.8, 4) is 0 Å². The lowest BCUT2D eigenvalue weighted by molar-refractivity contribution is -0.161. The number of carbonyl (C=O) groups excluding carboxylic acids is 4. The van der Waals surface area contributed by atoms with E-state index in [-0.39, 0.29) is 37.9 Å². The van der Waals surface area contributed by atoms with Gasteiger partial charge in [-0.3, -0.25) is 24.1 Å². The fourth-order valence-electron chi connectivity index (χ4n) is 7.55. The number of ether oxygens (including phenoxy) is 3. The molecule has 1 aromatic carbocycles. The van der Waals surface area contributed by atoms with E-state index in [9.17, 15) is 24.3 Å². The van der Waals surface area contributed by atoms with E-state index in [1.165, 1.54) is 4.90 Å². The Morgan fingerprint density at radius 1 is 1.19 bits per heavy atom. The highest BCUT2D eigenvalue weighted by Crippen LogP contribution is 2.59. The molecule has 4 fully saturated rings. The van der Waals surface area contributed by atoms with Crippen molar-refractivity contribution in [1.82, 2.24) is 20.0 Å². The van der Waals surface area contributed by atoms with E-state index in [4.69, 9.17) is 14.2 Å². The van der Waals surface area contributed by atoms with Crippen molar-refractivity contribution in [2.45, 2.75) is 62.5 Å². The van der Waals surface area contributed by atoms with Gasteiger partial charge in [0.15, 0.2) is 0 Å². The molecule has 12 nitrogen and oxygen atoms in total. The van der Waals surface area contributed by atoms with Gasteiger partial charge in [-0.25, -0.2) is 0 Å². The summed E-state index contributed by atoms with van der Waals surface area (Å²) in [6.45, 7) is 13.1. The maximum absolute atomic E-state index is 14.5. The van der Waals surface area contributed by atoms with Gasteiger partial charge in [0.05, 0.1) is 50.3 Å². The van der Waals surface area contributed by atoms with E-state index in [0.717, 1.165) is 13.1 Å². The number of rotatable bonds is 16. The molecule has 0 unspecified atom stereocenters. The summed E-state index contributed by atoms with van der Waals surface area (Å²) in [7, 11) is 0. The highest BCUT2D eigenvalue weighted by atomic mass is 16.6. The van der Waals surface area contributed by atoms with Gasteiger partial charge in [-0.2, -0.15) is 0 Å². The number of benzene rings is 1. The smallest absolute Gasteiger partial charge is 0.313 e. The molecular weight excluding hydrogens is 604 g/mol. The fraction of sp³-hybridized carbons (Fsp3) is 0.600. The number of allylic oxidation sites excluding steroid dienone is 1. The van der Waals surface area contributed by atoms with E-state index in [1.807, 2.05) is 30.3 Å². The van der Waals surface area contributed by atoms with E-state index < -0.39 is 53.6 Å². The van der Waals surface area contributed by atoms with Crippen LogP contribution in [0.4, 0.5) is 0 Å². The first-order valence-electron chi connectivity index (χ1n) is 16.7. The molecule has 12 heteroatoms. The summed E-state index contributed by atoms with van der Waals surface area (Å²) in [6.07, 6.45) is 3.63. The van der Waals surface area contributed by atoms with Gasteiger partial charge in [0, 0.05) is 39.1 Å². The highest BCUT2D eigenvalue weighted by Gasteiger charge is 2.75. The molecule has 2 bridgehead atoms. The lowest BCUT2D eigenvalue weighted by atomic mass is 9.70. The van der Waals surface area contributed by atoms with Crippen LogP contribution in [0.5, 0.6) is 0 Å². The number of fused-ring (bicyclic) bond motifs is 1. The van der Waals surface area contributed by atoms with Crippen LogP contribution in [-0.2, 0) is 33.4 Å². The number of nitrogens with zero attached hydrogens (tertiary/aromatic N) is 3. The number of nitrogens with one attached hydrogen (secondary N) is 1. The zero-order valence-corrected chi connectivity index (χ0v) is 27.3. The third kappa shape index (κ3) is 7.15. The third-order valence-corrected chi connectivity index (χ3v) is 9.92. The second kappa shape index (κ2) is 15.5. The van der Waals surface area contributed by atoms with Crippen molar-refractivity contribution in [3.05, 3.63) is 61.2 Å². The number of aliphatic hydroxyl groups is 1. The van der Waals surface area contributed by atoms with Gasteiger partial charge in [-0.05, 0) is 31.7 Å². The van der Waals surface area contributed by atoms with Gasteiger partial charge in [0.2, 0.25) is 17.7 Å². The van der Waals surface area contributed by atoms with Crippen LogP contribution in [0.1, 0.15) is 44.3 Å². The molecule has 0 saturated carbocycles. The minimum absolute atomic E-state index is 0.0577. The normalized spacial score (nSPS) is 28.0. The summed E-state index contributed by atoms with van der Waals surface area (Å²) >= 11 is 0. The van der Waals surface area contributed by atoms with Gasteiger partial charge in [0.25, 0.3) is 0 Å². The van der Waals surface area contributed by atoms with Crippen LogP contribution in [0.2, 0.25) is 0 Å². The molecule has 7 atom stereocenters. The Bertz CT molecular complexity index is 1300. The first-order chi connectivity index (χ1) is 22.7. The number of amides is 3. The highest BCUT2D eigenvalue weighted by molar-refractivity contribution is 5.98. The van der Waals surface area contributed by atoms with Crippen LogP contribution in [0.3, 0.4) is 0 Å². The van der Waals surface area contributed by atoms with Gasteiger partial charge >= 0.3 is 5.97 Å². The summed E-state index contributed by atoms with van der Waals surface area (Å²) in [6, 6.07) is 7.44. The quantitative estimate of drug-likeness (QED) is 0.201. The number of carbonyl (C=O) groups is 4. The van der Waals surface area contributed by atoms with Crippen molar-refractivity contribution < 1.29 is 38.5 Å². The van der Waals surface area contributed by atoms with E-state index >= 15 is 0 Å². The van der Waals surface area contributed by atoms with E-state index in [2.05, 4.69) is 23.4 Å². The van der Waals surface area contributed by atoms with Gasteiger partial charge in [0.1, 0.15) is 17.7 Å². The predicted octanol–water partition coefficient (Wildman–Crippen LogP) is 1.46. The minimum Gasteiger partial charge on any atom is -0.455 e. The van der Waals surface area contributed by atoms with Crippen LogP contribution in [0, 0.1) is 11.8 Å². The summed E-state index contributed by atoms with van der Waals surface area (Å²) in [4.78, 5) is 60.6. The summed E-state index contributed by atoms with van der Waals surface area (Å²) < 4.78 is 18.1. The first-order valence-corrected chi connectivity index (χ1v) is 16.7. The van der Waals surface area contributed by atoms with Crippen molar-refractivity contribution in [3.63, 3.8) is 0 Å². The number of aliphatic hydroxyl groups excluding tert-OH is 1. The molecule has 0 aliphatic carbocycles. The zero-order valence-electron chi connectivity index (χ0n) is 27.3. The molecule has 3 amide bonds. The number of hydrogen-bond donors (Lipinski definition) is 2. The first kappa shape index (κ1) is 34.7. The molecule has 47 heavy (non-hydrogen) atoms. The Morgan fingerprint density at radius 3 is 2.62 bits per heavy atom. The van der Waals surface area contributed by atoms with Crippen molar-refractivity contribution in [2.24, 2.45) is 11.8 Å². The number of likely N-dealkylation sites (tertiary alicyclic amines) is 1. The Hall–Kier alpha value is -3.58. The molecule has 2 N–H and O–H groups in total. The van der Waals surface area contributed by atoms with Gasteiger partial charge in [-0.1, -0.05) is 42.5 Å². The van der Waals surface area contributed by atoms with Crippen molar-refractivity contribution in [1.29, 1.82) is 0 Å². The standard InChI is InChI=1S/C35H48N4O8/c1-4-6-12-28(41)36-22-27(25-10-8-7-9-11-25)46-34(44)29-26-13-14-35(47-26)30(29)32(42)39(24(3)23-40)31(35)33(43)38(15-5-2)17-16-37-18-20-45-21-19-37/h4-5,7-11,24,26-27,29-31,40H,1-2,6,12-23H2,3H3,(H,36,41)/t24-,26+,27+,29-,30-,31+,35-/m1/s1. The maximum Gasteiger partial charge on any atom is 0.313 e. The largest absolute Gasteiger partial charge is 0.455 e. The van der Waals surface area contributed by atoms with Crippen LogP contribution in [0.25, 0.3) is 0 Å². The van der Waals surface area contributed by atoms with Gasteiger partial charge in [-0.15, -0.1) is 13.2 Å². The van der Waals surface area contributed by atoms with E-state index in [1.54, 1.807) is 24.0 Å². The molecule has 1 aromatic rings. The van der Waals surface area contributed by atoms with Crippen LogP contribution in [-0.4, -0.2) is 126 Å². The summed E-state index contributed by atoms with van der Waals surface area (Å²) in [5, 5.41) is 13.1. The number of morpholine rings is 1. The molecule has 4 aliphatic heterocycles. The lowest BCUT2D eigenvalue weighted by Gasteiger charge is -2.39. The lowest BCUT2D eigenvalue weighted by Crippen LogP contribution is -2.59. The molecule has 4 saturated heterocycles. The molecular formula is C35H48N4O8. The molecule has 4 aliphatic rings. The van der Waals surface area contributed by atoms with Crippen LogP contribution >= 0.6 is 0 Å². The molecule has 256 valence electrons. The SMILES string of the molecule is C=CCCC(=O)NC[C@H](OC(=O)[C@@H]1[C@@H]2CC[C@]3(O2)[C@H](C(=O)N(CC=C)CCN2CCOCC2)N([C@H](C)CO)C(=O)[C@@H]13)c1ccccc1. The maximum atomic E-state index is 14.5. The molecule has 1 spiro atoms.